The van der Waals surface area contributed by atoms with Gasteiger partial charge in [0.05, 0.1) is 29.8 Å². The number of carbonyl (C=O) groups excluding carboxylic acids is 3. The van der Waals surface area contributed by atoms with Gasteiger partial charge in [0.15, 0.2) is 0 Å². The zero-order chi connectivity index (χ0) is 43.9. The summed E-state index contributed by atoms with van der Waals surface area (Å²) in [6.45, 7) is 11.1. The van der Waals surface area contributed by atoms with E-state index in [1.54, 1.807) is 0 Å². The van der Waals surface area contributed by atoms with Crippen LogP contribution < -0.4 is 4.74 Å². The van der Waals surface area contributed by atoms with Gasteiger partial charge in [-0.3, -0.25) is 19.7 Å². The Kier molecular flexibility index (Phi) is 34.0. The summed E-state index contributed by atoms with van der Waals surface area (Å²) in [4.78, 5) is 47.8. The smallest absolute Gasteiger partial charge is 0.498 e. The van der Waals surface area contributed by atoms with Gasteiger partial charge in [0.1, 0.15) is 19.0 Å². The molecular formula is C49H79NO10. The van der Waals surface area contributed by atoms with Crippen molar-refractivity contribution in [2.75, 3.05) is 26.4 Å². The monoisotopic (exact) mass is 842 g/mol. The van der Waals surface area contributed by atoms with Crippen LogP contribution in [0.2, 0.25) is 0 Å². The summed E-state index contributed by atoms with van der Waals surface area (Å²) in [5.41, 5.74) is -0.132. The number of allylic oxidation sites excluding steroid dienone is 5. The fourth-order valence-electron chi connectivity index (χ4n) is 6.48. The van der Waals surface area contributed by atoms with Crippen LogP contribution in [0.4, 0.5) is 10.5 Å². The lowest BCUT2D eigenvalue weighted by molar-refractivity contribution is -0.384. The number of benzene rings is 1. The zero-order valence-corrected chi connectivity index (χ0v) is 37.5. The summed E-state index contributed by atoms with van der Waals surface area (Å²) in [6, 6.07) is 5.07. The molecule has 0 spiro atoms. The van der Waals surface area contributed by atoms with Gasteiger partial charge >= 0.3 is 18.1 Å². The number of hydrogen-bond acceptors (Lipinski definition) is 10. The van der Waals surface area contributed by atoms with E-state index in [4.69, 9.17) is 23.7 Å². The van der Waals surface area contributed by atoms with Gasteiger partial charge < -0.3 is 23.7 Å². The van der Waals surface area contributed by atoms with E-state index in [9.17, 15) is 24.5 Å². The highest BCUT2D eigenvalue weighted by Gasteiger charge is 2.18. The number of nitro benzene ring substituents is 1. The van der Waals surface area contributed by atoms with Gasteiger partial charge in [-0.05, 0) is 82.3 Å². The van der Waals surface area contributed by atoms with Gasteiger partial charge in [-0.1, -0.05) is 129 Å². The van der Waals surface area contributed by atoms with Crippen molar-refractivity contribution in [3.63, 3.8) is 0 Å². The van der Waals surface area contributed by atoms with Crippen molar-refractivity contribution in [2.45, 2.75) is 181 Å². The third kappa shape index (κ3) is 31.7. The summed E-state index contributed by atoms with van der Waals surface area (Å²) in [5, 5.41) is 10.9. The van der Waals surface area contributed by atoms with E-state index >= 15 is 0 Å². The Morgan fingerprint density at radius 3 is 1.70 bits per heavy atom. The first-order valence-corrected chi connectivity index (χ1v) is 23.2. The molecule has 11 heteroatoms. The molecule has 0 fully saturated rings. The van der Waals surface area contributed by atoms with Gasteiger partial charge in [-0.25, -0.2) is 4.79 Å². The van der Waals surface area contributed by atoms with Crippen LogP contribution in [0.3, 0.4) is 0 Å². The van der Waals surface area contributed by atoms with E-state index in [1.165, 1.54) is 75.6 Å². The van der Waals surface area contributed by atoms with Crippen LogP contribution in [0.15, 0.2) is 60.9 Å². The fourth-order valence-corrected chi connectivity index (χ4v) is 6.48. The lowest BCUT2D eigenvalue weighted by Gasteiger charge is -2.19. The average Bonchev–Trinajstić information content (AvgIpc) is 3.24. The third-order valence-electron chi connectivity index (χ3n) is 10.3. The van der Waals surface area contributed by atoms with Crippen molar-refractivity contribution >= 4 is 23.8 Å². The van der Waals surface area contributed by atoms with E-state index in [0.717, 1.165) is 89.9 Å². The molecule has 1 aromatic rings. The molecule has 2 atom stereocenters. The molecule has 0 aromatic heterocycles. The first kappa shape index (κ1) is 53.9. The van der Waals surface area contributed by atoms with Gasteiger partial charge in [0, 0.05) is 31.4 Å². The standard InChI is InChI=1S/C49H79NO10/c1-5-8-11-13-14-15-16-17-18-19-20-21-22-23-27-32-48(52)58-40-44(41-59-49(53)60-46-36-34-45(35-37-46)50(54)55)39-56-42(4)29-25-24-28-33-47(51)57-38-43(30-10-7-3)31-26-12-9-6-2/h14-15,17-18,34-37,43-44H,4-13,16,19-33,38-41H2,1-3H3/b15-14-,18-17-. The normalized spacial score (nSPS) is 12.3. The van der Waals surface area contributed by atoms with Crippen molar-refractivity contribution in [1.82, 2.24) is 0 Å². The van der Waals surface area contributed by atoms with E-state index < -0.39 is 17.0 Å². The Balaban J connectivity index is 2.44. The number of nitrogens with zero attached hydrogens (tertiary/aromatic N) is 1. The number of rotatable bonds is 39. The second-order valence-electron chi connectivity index (χ2n) is 15.9. The van der Waals surface area contributed by atoms with E-state index in [1.807, 2.05) is 0 Å². The second kappa shape index (κ2) is 37.8. The van der Waals surface area contributed by atoms with Crippen LogP contribution in [0, 0.1) is 22.0 Å². The Labute approximate surface area is 362 Å². The summed E-state index contributed by atoms with van der Waals surface area (Å²) in [5.74, 6) is 0.148. The number of esters is 2. The Hall–Kier alpha value is -4.15. The van der Waals surface area contributed by atoms with Gasteiger partial charge in [0.2, 0.25) is 0 Å². The minimum atomic E-state index is -0.994. The topological polar surface area (TPSA) is 140 Å². The number of non-ortho nitro benzene ring substituents is 1. The van der Waals surface area contributed by atoms with Crippen molar-refractivity contribution in [2.24, 2.45) is 11.8 Å². The summed E-state index contributed by atoms with van der Waals surface area (Å²) < 4.78 is 27.6. The van der Waals surface area contributed by atoms with Crippen molar-refractivity contribution in [3.05, 3.63) is 71.0 Å². The van der Waals surface area contributed by atoms with Crippen LogP contribution in [0.5, 0.6) is 5.75 Å². The lowest BCUT2D eigenvalue weighted by atomic mass is 9.96. The Morgan fingerprint density at radius 1 is 0.583 bits per heavy atom. The molecule has 11 nitrogen and oxygen atoms in total. The van der Waals surface area contributed by atoms with Crippen molar-refractivity contribution in [3.8, 4) is 5.75 Å². The molecule has 1 aromatic carbocycles. The SMILES string of the molecule is C=C(CCCCCC(=O)OCC(CCCC)CCCCCC)OCC(COC(=O)CCCCCCC/C=C\C/C=C\CCCCC)COC(=O)Oc1ccc([N+](=O)[O-])cc1. The minimum Gasteiger partial charge on any atom is -0.498 e. The third-order valence-corrected chi connectivity index (χ3v) is 10.3. The van der Waals surface area contributed by atoms with Gasteiger partial charge in [0.25, 0.3) is 5.69 Å². The molecule has 2 unspecified atom stereocenters. The highest BCUT2D eigenvalue weighted by Crippen LogP contribution is 2.20. The van der Waals surface area contributed by atoms with Crippen LogP contribution in [0.25, 0.3) is 0 Å². The van der Waals surface area contributed by atoms with Crippen LogP contribution in [-0.2, 0) is 28.5 Å². The fraction of sp³-hybridized carbons (Fsp3) is 0.694. The van der Waals surface area contributed by atoms with Crippen LogP contribution in [0.1, 0.15) is 181 Å². The molecule has 0 bridgehead atoms. The molecule has 340 valence electrons. The van der Waals surface area contributed by atoms with Crippen molar-refractivity contribution < 1.29 is 43.0 Å². The zero-order valence-electron chi connectivity index (χ0n) is 37.5. The maximum absolute atomic E-state index is 12.6. The van der Waals surface area contributed by atoms with E-state index in [2.05, 4.69) is 51.7 Å². The largest absolute Gasteiger partial charge is 0.513 e. The molecule has 0 saturated heterocycles. The molecule has 0 saturated carbocycles. The molecule has 0 heterocycles. The highest BCUT2D eigenvalue weighted by molar-refractivity contribution is 5.69. The minimum absolute atomic E-state index is 0.0165. The number of unbranched alkanes of at least 4 members (excludes halogenated alkanes) is 14. The molecule has 60 heavy (non-hydrogen) atoms. The summed E-state index contributed by atoms with van der Waals surface area (Å²) in [6.07, 6.45) is 33.1. The van der Waals surface area contributed by atoms with E-state index in [0.29, 0.717) is 37.5 Å². The van der Waals surface area contributed by atoms with Gasteiger partial charge in [-0.15, -0.1) is 0 Å². The maximum atomic E-state index is 12.6. The molecule has 0 aliphatic heterocycles. The number of carbonyl (C=O) groups is 3. The predicted molar refractivity (Wildman–Crippen MR) is 240 cm³/mol. The Bertz CT molecular complexity index is 1340. The molecule has 0 aliphatic rings. The quantitative estimate of drug-likeness (QED) is 0.00919. The molecule has 0 radical (unpaired) electrons. The first-order valence-electron chi connectivity index (χ1n) is 23.2. The predicted octanol–water partition coefficient (Wildman–Crippen LogP) is 13.9. The van der Waals surface area contributed by atoms with Crippen LogP contribution in [-0.4, -0.2) is 49.4 Å². The first-order chi connectivity index (χ1) is 29.2. The molecular weight excluding hydrogens is 763 g/mol. The maximum Gasteiger partial charge on any atom is 0.513 e. The van der Waals surface area contributed by atoms with Crippen molar-refractivity contribution in [1.29, 1.82) is 0 Å². The molecule has 0 N–H and O–H groups in total. The summed E-state index contributed by atoms with van der Waals surface area (Å²) >= 11 is 0. The second-order valence-corrected chi connectivity index (χ2v) is 15.9. The Morgan fingerprint density at radius 2 is 1.07 bits per heavy atom. The molecule has 0 aliphatic carbocycles. The lowest BCUT2D eigenvalue weighted by Crippen LogP contribution is -2.26. The number of ether oxygens (including phenoxy) is 5. The molecule has 0 amide bonds. The number of hydrogen-bond donors (Lipinski definition) is 0. The van der Waals surface area contributed by atoms with Crippen LogP contribution >= 0.6 is 0 Å². The van der Waals surface area contributed by atoms with Gasteiger partial charge in [-0.2, -0.15) is 0 Å². The number of nitro groups is 1. The average molecular weight is 842 g/mol. The van der Waals surface area contributed by atoms with E-state index in [-0.39, 0.29) is 43.2 Å². The highest BCUT2D eigenvalue weighted by atomic mass is 16.7. The summed E-state index contributed by atoms with van der Waals surface area (Å²) in [7, 11) is 0. The molecule has 1 rings (SSSR count).